The molecule has 0 aliphatic heterocycles. The summed E-state index contributed by atoms with van der Waals surface area (Å²) in [7, 11) is 0. The molecule has 0 amide bonds. The molecule has 5 aliphatic carbocycles. The van der Waals surface area contributed by atoms with Gasteiger partial charge in [0.25, 0.3) is 0 Å². The molecule has 5 rings (SSSR count). The first-order chi connectivity index (χ1) is 14.9. The molecule has 0 saturated heterocycles. The Morgan fingerprint density at radius 1 is 0.875 bits per heavy atom. The van der Waals surface area contributed by atoms with Crippen LogP contribution >= 0.6 is 0 Å². The number of fused-ring (bicyclic) bond motifs is 6. The van der Waals surface area contributed by atoms with Crippen LogP contribution in [0.4, 0.5) is 0 Å². The quantitative estimate of drug-likeness (QED) is 0.437. The molecule has 0 radical (unpaired) electrons. The lowest BCUT2D eigenvalue weighted by atomic mass is 9.38. The van der Waals surface area contributed by atoms with Crippen LogP contribution in [0.3, 0.4) is 0 Å². The van der Waals surface area contributed by atoms with E-state index < -0.39 is 11.4 Å². The molecule has 180 valence electrons. The molecule has 0 heterocycles. The van der Waals surface area contributed by atoms with Gasteiger partial charge < -0.3 is 10.2 Å². The van der Waals surface area contributed by atoms with E-state index in [-0.39, 0.29) is 28.3 Å². The molecule has 0 aromatic carbocycles. The summed E-state index contributed by atoms with van der Waals surface area (Å²) < 4.78 is 0. The van der Waals surface area contributed by atoms with Crippen LogP contribution in [0.5, 0.6) is 0 Å². The van der Waals surface area contributed by atoms with Crippen LogP contribution in [0.2, 0.25) is 0 Å². The van der Waals surface area contributed by atoms with E-state index in [1.807, 2.05) is 0 Å². The van der Waals surface area contributed by atoms with Gasteiger partial charge in [-0.15, -0.1) is 0 Å². The normalized spacial score (nSPS) is 52.3. The van der Waals surface area contributed by atoms with Crippen molar-refractivity contribution in [2.75, 3.05) is 0 Å². The van der Waals surface area contributed by atoms with Crippen molar-refractivity contribution in [2.24, 2.45) is 51.2 Å². The number of aliphatic hydroxyl groups excluding tert-OH is 1. The highest BCUT2D eigenvalue weighted by Crippen LogP contribution is 2.71. The van der Waals surface area contributed by atoms with Crippen LogP contribution in [0, 0.1) is 51.2 Å². The minimum absolute atomic E-state index is 0.0126. The summed E-state index contributed by atoms with van der Waals surface area (Å²) in [6.07, 6.45) is 10.4. The maximum Gasteiger partial charge on any atom is 0.310 e. The lowest BCUT2D eigenvalue weighted by molar-refractivity contribution is -0.172. The fourth-order valence-corrected chi connectivity index (χ4v) is 10.5. The van der Waals surface area contributed by atoms with E-state index in [0.29, 0.717) is 23.7 Å². The number of aliphatic carboxylic acids is 1. The molecule has 32 heavy (non-hydrogen) atoms. The van der Waals surface area contributed by atoms with Gasteiger partial charge in [-0.25, -0.2) is 0 Å². The van der Waals surface area contributed by atoms with Crippen LogP contribution in [0.1, 0.15) is 106 Å². The van der Waals surface area contributed by atoms with E-state index in [0.717, 1.165) is 44.9 Å². The predicted octanol–water partition coefficient (Wildman–Crippen LogP) is 6.84. The van der Waals surface area contributed by atoms with Gasteiger partial charge >= 0.3 is 5.97 Å². The number of carbonyl (C=O) groups is 1. The Hall–Kier alpha value is -0.830. The van der Waals surface area contributed by atoms with Crippen molar-refractivity contribution in [1.29, 1.82) is 0 Å². The van der Waals surface area contributed by atoms with E-state index in [9.17, 15) is 15.0 Å². The van der Waals surface area contributed by atoms with Crippen molar-refractivity contribution in [2.45, 2.75) is 112 Å². The van der Waals surface area contributed by atoms with Gasteiger partial charge in [0.15, 0.2) is 0 Å². The molecule has 3 heteroatoms. The number of allylic oxidation sites excluding steroid dienone is 2. The minimum atomic E-state index is -0.529. The average Bonchev–Trinajstić information content (AvgIpc) is 2.73. The van der Waals surface area contributed by atoms with E-state index in [1.54, 1.807) is 11.1 Å². The second kappa shape index (κ2) is 7.09. The zero-order valence-electron chi connectivity index (χ0n) is 21.3. The average molecular weight is 443 g/mol. The third kappa shape index (κ3) is 2.72. The molecule has 0 unspecified atom stereocenters. The topological polar surface area (TPSA) is 57.5 Å². The fourth-order valence-electron chi connectivity index (χ4n) is 10.5. The summed E-state index contributed by atoms with van der Waals surface area (Å²) >= 11 is 0. The molecule has 0 aromatic rings. The van der Waals surface area contributed by atoms with Crippen molar-refractivity contribution in [3.63, 3.8) is 0 Å². The highest BCUT2D eigenvalue weighted by molar-refractivity contribution is 5.76. The molecular formula is C29H46O3. The lowest BCUT2D eigenvalue weighted by Gasteiger charge is -2.67. The lowest BCUT2D eigenvalue weighted by Crippen LogP contribution is -2.60. The zero-order valence-corrected chi connectivity index (χ0v) is 21.3. The number of hydrogen-bond donors (Lipinski definition) is 2. The van der Waals surface area contributed by atoms with Gasteiger partial charge in [-0.2, -0.15) is 0 Å². The molecular weight excluding hydrogens is 396 g/mol. The number of rotatable bonds is 1. The van der Waals surface area contributed by atoms with Crippen LogP contribution in [0.15, 0.2) is 11.1 Å². The van der Waals surface area contributed by atoms with Gasteiger partial charge in [-0.05, 0) is 110 Å². The van der Waals surface area contributed by atoms with Crippen molar-refractivity contribution in [3.8, 4) is 0 Å². The molecule has 5 aliphatic rings. The second-order valence-electron chi connectivity index (χ2n) is 13.8. The van der Waals surface area contributed by atoms with Crippen molar-refractivity contribution in [1.82, 2.24) is 0 Å². The standard InChI is InChI=1S/C29H46O3/c1-17-9-15-29(25(31)32)16-10-20-19(24(29)18(17)2)7-8-22-27(20,5)13-11-21-26(3,4)23(30)12-14-28(21,22)6/h17-18,21-24,30H,7-16H2,1-6H3,(H,31,32)/t17-,18+,21-,22-,23+,24+,27+,28+,29+/m1/s1. The Balaban J connectivity index is 1.58. The summed E-state index contributed by atoms with van der Waals surface area (Å²) in [6.45, 7) is 14.4. The van der Waals surface area contributed by atoms with Crippen LogP contribution in [0.25, 0.3) is 0 Å². The Labute approximate surface area is 195 Å². The number of aliphatic hydroxyl groups is 1. The Morgan fingerprint density at radius 2 is 1.59 bits per heavy atom. The molecule has 0 bridgehead atoms. The third-order valence-corrected chi connectivity index (χ3v) is 12.5. The third-order valence-electron chi connectivity index (χ3n) is 12.5. The predicted molar refractivity (Wildman–Crippen MR) is 128 cm³/mol. The largest absolute Gasteiger partial charge is 0.481 e. The Bertz CT molecular complexity index is 841. The van der Waals surface area contributed by atoms with Crippen molar-refractivity contribution >= 4 is 5.97 Å². The highest BCUT2D eigenvalue weighted by Gasteiger charge is 2.64. The van der Waals surface area contributed by atoms with Gasteiger partial charge in [-0.3, -0.25) is 4.79 Å². The van der Waals surface area contributed by atoms with Crippen LogP contribution in [-0.4, -0.2) is 22.3 Å². The summed E-state index contributed by atoms with van der Waals surface area (Å²) in [5.74, 6) is 2.01. The molecule has 3 nitrogen and oxygen atoms in total. The fraction of sp³-hybridized carbons (Fsp3) is 0.897. The summed E-state index contributed by atoms with van der Waals surface area (Å²) in [6, 6.07) is 0. The van der Waals surface area contributed by atoms with E-state index in [1.165, 1.54) is 19.3 Å². The van der Waals surface area contributed by atoms with Gasteiger partial charge in [-0.1, -0.05) is 52.7 Å². The number of hydrogen-bond acceptors (Lipinski definition) is 2. The van der Waals surface area contributed by atoms with Gasteiger partial charge in [0.1, 0.15) is 0 Å². The highest BCUT2D eigenvalue weighted by atomic mass is 16.4. The number of carboxylic acid groups (broad SMARTS) is 1. The minimum Gasteiger partial charge on any atom is -0.481 e. The zero-order chi connectivity index (χ0) is 23.3. The first-order valence-electron chi connectivity index (χ1n) is 13.5. The monoisotopic (exact) mass is 442 g/mol. The maximum absolute atomic E-state index is 12.7. The Morgan fingerprint density at radius 3 is 2.28 bits per heavy atom. The van der Waals surface area contributed by atoms with Crippen LogP contribution in [-0.2, 0) is 4.79 Å². The van der Waals surface area contributed by atoms with Crippen LogP contribution < -0.4 is 0 Å². The summed E-state index contributed by atoms with van der Waals surface area (Å²) in [5.41, 5.74) is 3.21. The Kier molecular flexibility index (Phi) is 5.08. The SMILES string of the molecule is C[C@H]1[C@H](C)CC[C@]2(C(=O)O)CCC3=C(CC[C@H]4[C@@]5(C)CC[C@H](O)C(C)(C)[C@H]5CC[C@@]34C)[C@H]12. The molecule has 3 saturated carbocycles. The smallest absolute Gasteiger partial charge is 0.310 e. The van der Waals surface area contributed by atoms with E-state index >= 15 is 0 Å². The molecule has 0 spiro atoms. The maximum atomic E-state index is 12.7. The van der Waals surface area contributed by atoms with Gasteiger partial charge in [0.05, 0.1) is 11.5 Å². The second-order valence-corrected chi connectivity index (χ2v) is 13.8. The van der Waals surface area contributed by atoms with E-state index in [4.69, 9.17) is 0 Å². The summed E-state index contributed by atoms with van der Waals surface area (Å²) in [5, 5.41) is 21.3. The molecule has 2 N–H and O–H groups in total. The van der Waals surface area contributed by atoms with E-state index in [2.05, 4.69) is 41.5 Å². The number of carboxylic acids is 1. The van der Waals surface area contributed by atoms with Crippen molar-refractivity contribution in [3.05, 3.63) is 11.1 Å². The summed E-state index contributed by atoms with van der Waals surface area (Å²) in [4.78, 5) is 12.7. The van der Waals surface area contributed by atoms with Crippen molar-refractivity contribution < 1.29 is 15.0 Å². The molecule has 3 fully saturated rings. The van der Waals surface area contributed by atoms with Gasteiger partial charge in [0, 0.05) is 0 Å². The first kappa shape index (κ1) is 22.9. The van der Waals surface area contributed by atoms with Gasteiger partial charge in [0.2, 0.25) is 0 Å². The molecule has 9 atom stereocenters. The molecule has 0 aromatic heterocycles. The first-order valence-corrected chi connectivity index (χ1v) is 13.5.